The van der Waals surface area contributed by atoms with E-state index in [0.717, 1.165) is 19.6 Å². The Morgan fingerprint density at radius 2 is 2.13 bits per heavy atom. The van der Waals surface area contributed by atoms with Crippen molar-refractivity contribution in [1.82, 2.24) is 15.5 Å². The van der Waals surface area contributed by atoms with E-state index in [4.69, 9.17) is 0 Å². The quantitative estimate of drug-likeness (QED) is 0.723. The van der Waals surface area contributed by atoms with E-state index in [2.05, 4.69) is 28.9 Å². The van der Waals surface area contributed by atoms with Crippen LogP contribution < -0.4 is 10.6 Å². The van der Waals surface area contributed by atoms with Crippen molar-refractivity contribution in [3.63, 3.8) is 0 Å². The molecule has 1 aliphatic heterocycles. The second-order valence-corrected chi connectivity index (χ2v) is 2.94. The summed E-state index contributed by atoms with van der Waals surface area (Å²) in [6.45, 7) is 9.27. The van der Waals surface area contributed by atoms with Crippen LogP contribution in [0.2, 0.25) is 0 Å². The van der Waals surface area contributed by atoms with E-state index in [1.807, 2.05) is 39.4 Å². The Kier molecular flexibility index (Phi) is 8.98. The van der Waals surface area contributed by atoms with Gasteiger partial charge < -0.3 is 15.5 Å². The molecule has 1 radical (unpaired) electrons. The van der Waals surface area contributed by atoms with Gasteiger partial charge in [-0.25, -0.2) is 0 Å². The Labute approximate surface area is 94.2 Å². The van der Waals surface area contributed by atoms with E-state index in [1.54, 1.807) is 0 Å². The molecule has 0 bridgehead atoms. The van der Waals surface area contributed by atoms with Crippen LogP contribution in [0.25, 0.3) is 0 Å². The minimum Gasteiger partial charge on any atom is -0.372 e. The summed E-state index contributed by atoms with van der Waals surface area (Å²) in [4.78, 5) is 2.33. The summed E-state index contributed by atoms with van der Waals surface area (Å²) >= 11 is 0. The Balaban J connectivity index is 0.000000921. The maximum absolute atomic E-state index is 3.15. The standard InChI is InChI=1S/C10H18N3.C2H6/c1-3-13(8-7-11-2)10-5-4-6-12-9-10;1-2/h4-6,9,11-12H,3,7-8H2,1-2H3;1-2H3. The van der Waals surface area contributed by atoms with E-state index in [9.17, 15) is 0 Å². The van der Waals surface area contributed by atoms with Crippen molar-refractivity contribution < 1.29 is 0 Å². The zero-order chi connectivity index (χ0) is 11.5. The van der Waals surface area contributed by atoms with Crippen molar-refractivity contribution >= 4 is 0 Å². The molecule has 87 valence electrons. The summed E-state index contributed by atoms with van der Waals surface area (Å²) in [6.07, 6.45) is 8.10. The molecule has 0 aromatic carbocycles. The van der Waals surface area contributed by atoms with Gasteiger partial charge in [0.05, 0.1) is 0 Å². The second-order valence-electron chi connectivity index (χ2n) is 2.94. The van der Waals surface area contributed by atoms with Crippen LogP contribution >= 0.6 is 0 Å². The molecule has 0 unspecified atom stereocenters. The van der Waals surface area contributed by atoms with Gasteiger partial charge >= 0.3 is 0 Å². The molecule has 0 fully saturated rings. The maximum Gasteiger partial charge on any atom is 0.0376 e. The highest BCUT2D eigenvalue weighted by Crippen LogP contribution is 2.09. The van der Waals surface area contributed by atoms with Gasteiger partial charge in [-0.05, 0) is 20.2 Å². The number of hydrogen-bond acceptors (Lipinski definition) is 3. The van der Waals surface area contributed by atoms with Crippen molar-refractivity contribution in [2.45, 2.75) is 20.8 Å². The first-order valence-corrected chi connectivity index (χ1v) is 5.74. The summed E-state index contributed by atoms with van der Waals surface area (Å²) in [5.74, 6) is 0. The summed E-state index contributed by atoms with van der Waals surface area (Å²) in [6, 6.07) is 0. The fourth-order valence-corrected chi connectivity index (χ4v) is 1.30. The van der Waals surface area contributed by atoms with Crippen LogP contribution in [0.5, 0.6) is 0 Å². The van der Waals surface area contributed by atoms with Crippen LogP contribution in [0.4, 0.5) is 0 Å². The number of allylic oxidation sites excluding steroid dienone is 1. The Bertz CT molecular complexity index is 197. The first kappa shape index (κ1) is 14.0. The lowest BCUT2D eigenvalue weighted by Gasteiger charge is -2.26. The number of nitrogens with zero attached hydrogens (tertiary/aromatic N) is 1. The van der Waals surface area contributed by atoms with Crippen LogP contribution in [0.1, 0.15) is 20.8 Å². The van der Waals surface area contributed by atoms with Gasteiger partial charge in [0.1, 0.15) is 0 Å². The van der Waals surface area contributed by atoms with Gasteiger partial charge in [0.2, 0.25) is 0 Å². The average Bonchev–Trinajstić information content (AvgIpc) is 2.34. The third kappa shape index (κ3) is 5.47. The highest BCUT2D eigenvalue weighted by molar-refractivity contribution is 5.24. The summed E-state index contributed by atoms with van der Waals surface area (Å²) in [5, 5.41) is 6.24. The Hall–Kier alpha value is -0.960. The molecule has 0 saturated heterocycles. The molecule has 3 nitrogen and oxygen atoms in total. The lowest BCUT2D eigenvalue weighted by atomic mass is 10.2. The fraction of sp³-hybridized carbons (Fsp3) is 0.583. The zero-order valence-corrected chi connectivity index (χ0v) is 10.4. The molecule has 0 atom stereocenters. The van der Waals surface area contributed by atoms with Crippen molar-refractivity contribution in [3.8, 4) is 0 Å². The van der Waals surface area contributed by atoms with Gasteiger partial charge in [-0.15, -0.1) is 0 Å². The molecule has 0 saturated carbocycles. The van der Waals surface area contributed by atoms with Gasteiger partial charge in [0, 0.05) is 38.0 Å². The van der Waals surface area contributed by atoms with Crippen LogP contribution in [-0.4, -0.2) is 31.6 Å². The van der Waals surface area contributed by atoms with Gasteiger partial charge in [-0.1, -0.05) is 19.9 Å². The van der Waals surface area contributed by atoms with Crippen LogP contribution in [-0.2, 0) is 0 Å². The van der Waals surface area contributed by atoms with Gasteiger partial charge in [-0.3, -0.25) is 0 Å². The predicted octanol–water partition coefficient (Wildman–Crippen LogP) is 1.72. The normalized spacial score (nSPS) is 13.5. The third-order valence-electron chi connectivity index (χ3n) is 2.07. The number of hydrogen-bond donors (Lipinski definition) is 2. The first-order valence-electron chi connectivity index (χ1n) is 5.74. The largest absolute Gasteiger partial charge is 0.372 e. The Morgan fingerprint density at radius 1 is 1.40 bits per heavy atom. The Morgan fingerprint density at radius 3 is 2.60 bits per heavy atom. The molecule has 0 aliphatic carbocycles. The predicted molar refractivity (Wildman–Crippen MR) is 67.2 cm³/mol. The monoisotopic (exact) mass is 210 g/mol. The highest BCUT2D eigenvalue weighted by Gasteiger charge is 2.06. The van der Waals surface area contributed by atoms with E-state index in [0.29, 0.717) is 0 Å². The van der Waals surface area contributed by atoms with Crippen molar-refractivity contribution in [2.75, 3.05) is 26.7 Å². The van der Waals surface area contributed by atoms with Gasteiger partial charge in [0.25, 0.3) is 0 Å². The number of rotatable bonds is 5. The molecular weight excluding hydrogens is 186 g/mol. The molecule has 3 heteroatoms. The topological polar surface area (TPSA) is 27.3 Å². The molecule has 1 rings (SSSR count). The summed E-state index contributed by atoms with van der Waals surface area (Å²) in [7, 11) is 1.98. The first-order chi connectivity index (χ1) is 7.38. The number of likely N-dealkylation sites (N-methyl/N-ethyl adjacent to an activating group) is 2. The molecular formula is C12H24N3. The molecule has 0 spiro atoms. The smallest absolute Gasteiger partial charge is 0.0376 e. The van der Waals surface area contributed by atoms with Crippen LogP contribution in [0.3, 0.4) is 0 Å². The molecule has 1 heterocycles. The third-order valence-corrected chi connectivity index (χ3v) is 2.07. The SMILES string of the molecule is CC.CCN(CCNC)C1=CNC=C[CH]1. The molecule has 0 aromatic heterocycles. The van der Waals surface area contributed by atoms with Gasteiger partial charge in [-0.2, -0.15) is 0 Å². The zero-order valence-electron chi connectivity index (χ0n) is 10.4. The van der Waals surface area contributed by atoms with Crippen molar-refractivity contribution in [3.05, 3.63) is 30.6 Å². The molecule has 1 aliphatic rings. The van der Waals surface area contributed by atoms with E-state index in [1.165, 1.54) is 5.70 Å². The molecule has 0 amide bonds. The lowest BCUT2D eigenvalue weighted by molar-refractivity contribution is 0.366. The minimum absolute atomic E-state index is 1.02. The van der Waals surface area contributed by atoms with E-state index < -0.39 is 0 Å². The van der Waals surface area contributed by atoms with Crippen molar-refractivity contribution in [2.24, 2.45) is 0 Å². The molecule has 0 aromatic rings. The molecule has 2 N–H and O–H groups in total. The summed E-state index contributed by atoms with van der Waals surface area (Å²) in [5.41, 5.74) is 1.25. The fourth-order valence-electron chi connectivity index (χ4n) is 1.30. The average molecular weight is 210 g/mol. The van der Waals surface area contributed by atoms with Crippen LogP contribution in [0, 0.1) is 6.42 Å². The summed E-state index contributed by atoms with van der Waals surface area (Å²) < 4.78 is 0. The van der Waals surface area contributed by atoms with Crippen LogP contribution in [0.15, 0.2) is 24.2 Å². The number of dihydropyridines is 1. The maximum atomic E-state index is 3.15. The highest BCUT2D eigenvalue weighted by atomic mass is 15.2. The number of nitrogens with one attached hydrogen (secondary N) is 2. The molecule has 15 heavy (non-hydrogen) atoms. The second kappa shape index (κ2) is 9.59. The lowest BCUT2D eigenvalue weighted by Crippen LogP contribution is -2.31. The van der Waals surface area contributed by atoms with Crippen molar-refractivity contribution in [1.29, 1.82) is 0 Å². The van der Waals surface area contributed by atoms with E-state index in [-0.39, 0.29) is 0 Å². The van der Waals surface area contributed by atoms with Gasteiger partial charge in [0.15, 0.2) is 0 Å². The minimum atomic E-state index is 1.02. The van der Waals surface area contributed by atoms with E-state index >= 15 is 0 Å².